The Morgan fingerprint density at radius 3 is 2.86 bits per heavy atom. The summed E-state index contributed by atoms with van der Waals surface area (Å²) in [5.41, 5.74) is 2.65. The quantitative estimate of drug-likeness (QED) is 0.717. The van der Waals surface area contributed by atoms with Gasteiger partial charge in [-0.25, -0.2) is 9.97 Å². The molecule has 0 radical (unpaired) electrons. The lowest BCUT2D eigenvalue weighted by Crippen LogP contribution is -2.18. The maximum absolute atomic E-state index is 9.00. The smallest absolute Gasteiger partial charge is 0.139 e. The minimum Gasteiger partial charge on any atom is -0.355 e. The fourth-order valence-electron chi connectivity index (χ4n) is 2.41. The fourth-order valence-corrected chi connectivity index (χ4v) is 2.77. The number of nitrogens with zero attached hydrogens (tertiary/aromatic N) is 4. The number of nitriles is 1. The first-order valence-electron chi connectivity index (χ1n) is 6.78. The van der Waals surface area contributed by atoms with Crippen molar-refractivity contribution >= 4 is 32.7 Å². The summed E-state index contributed by atoms with van der Waals surface area (Å²) in [6, 6.07) is 15.7. The van der Waals surface area contributed by atoms with Crippen molar-refractivity contribution in [3.63, 3.8) is 0 Å². The molecule has 22 heavy (non-hydrogen) atoms. The second-order valence-electron chi connectivity index (χ2n) is 5.03. The van der Waals surface area contributed by atoms with Crippen LogP contribution in [0, 0.1) is 11.3 Å². The van der Waals surface area contributed by atoms with Gasteiger partial charge in [-0.05, 0) is 35.9 Å². The molecule has 0 amide bonds. The van der Waals surface area contributed by atoms with Crippen LogP contribution in [0.1, 0.15) is 11.1 Å². The molecule has 0 atom stereocenters. The summed E-state index contributed by atoms with van der Waals surface area (Å²) in [6.07, 6.45) is 1.58. The second kappa shape index (κ2) is 6.12. The monoisotopic (exact) mass is 352 g/mol. The van der Waals surface area contributed by atoms with E-state index in [1.165, 1.54) is 0 Å². The Hall–Kier alpha value is -2.45. The first-order valence-corrected chi connectivity index (χ1v) is 7.57. The van der Waals surface area contributed by atoms with Crippen molar-refractivity contribution in [2.24, 2.45) is 0 Å². The molecule has 0 spiro atoms. The minimum atomic E-state index is 0.668. The highest BCUT2D eigenvalue weighted by Crippen LogP contribution is 2.26. The van der Waals surface area contributed by atoms with E-state index in [4.69, 9.17) is 5.26 Å². The van der Waals surface area contributed by atoms with Crippen LogP contribution in [0.15, 0.2) is 53.3 Å². The normalized spacial score (nSPS) is 10.4. The molecule has 0 aliphatic rings. The second-order valence-corrected chi connectivity index (χ2v) is 5.94. The van der Waals surface area contributed by atoms with Gasteiger partial charge in [-0.1, -0.05) is 28.1 Å². The number of rotatable bonds is 3. The molecule has 0 N–H and O–H groups in total. The van der Waals surface area contributed by atoms with Crippen LogP contribution >= 0.6 is 15.9 Å². The predicted molar refractivity (Wildman–Crippen MR) is 90.5 cm³/mol. The lowest BCUT2D eigenvalue weighted by Gasteiger charge is -2.20. The Morgan fingerprint density at radius 2 is 2.05 bits per heavy atom. The Kier molecular flexibility index (Phi) is 4.03. The van der Waals surface area contributed by atoms with Crippen LogP contribution in [0.3, 0.4) is 0 Å². The van der Waals surface area contributed by atoms with Crippen molar-refractivity contribution < 1.29 is 0 Å². The van der Waals surface area contributed by atoms with E-state index in [0.717, 1.165) is 26.8 Å². The SMILES string of the molecule is CN(Cc1cccc(C#N)c1)c1ncnc2ccc(Br)cc12. The van der Waals surface area contributed by atoms with Gasteiger partial charge in [-0.15, -0.1) is 0 Å². The maximum Gasteiger partial charge on any atom is 0.139 e. The molecule has 1 heterocycles. The van der Waals surface area contributed by atoms with Crippen LogP contribution < -0.4 is 4.90 Å². The number of halogens is 1. The molecule has 5 heteroatoms. The van der Waals surface area contributed by atoms with Gasteiger partial charge in [0, 0.05) is 23.5 Å². The molecule has 0 unspecified atom stereocenters. The molecule has 108 valence electrons. The Morgan fingerprint density at radius 1 is 1.18 bits per heavy atom. The first kappa shape index (κ1) is 14.5. The maximum atomic E-state index is 9.00. The van der Waals surface area contributed by atoms with Gasteiger partial charge in [0.2, 0.25) is 0 Å². The van der Waals surface area contributed by atoms with Crippen molar-refractivity contribution in [3.8, 4) is 6.07 Å². The van der Waals surface area contributed by atoms with E-state index in [-0.39, 0.29) is 0 Å². The molecule has 0 aliphatic carbocycles. The van der Waals surface area contributed by atoms with Crippen molar-refractivity contribution in [3.05, 3.63) is 64.4 Å². The van der Waals surface area contributed by atoms with Crippen molar-refractivity contribution in [2.45, 2.75) is 6.54 Å². The largest absolute Gasteiger partial charge is 0.355 e. The summed E-state index contributed by atoms with van der Waals surface area (Å²) in [4.78, 5) is 10.8. The van der Waals surface area contributed by atoms with Crippen LogP contribution in [0.25, 0.3) is 10.9 Å². The van der Waals surface area contributed by atoms with Gasteiger partial charge in [0.05, 0.1) is 17.1 Å². The van der Waals surface area contributed by atoms with E-state index >= 15 is 0 Å². The third-order valence-corrected chi connectivity index (χ3v) is 3.91. The van der Waals surface area contributed by atoms with Gasteiger partial charge in [-0.3, -0.25) is 0 Å². The molecule has 3 rings (SSSR count). The average Bonchev–Trinajstić information content (AvgIpc) is 2.54. The molecule has 4 nitrogen and oxygen atoms in total. The van der Waals surface area contributed by atoms with Crippen LogP contribution in [-0.2, 0) is 6.54 Å². The van der Waals surface area contributed by atoms with E-state index in [0.29, 0.717) is 12.1 Å². The molecule has 3 aromatic rings. The number of hydrogen-bond acceptors (Lipinski definition) is 4. The van der Waals surface area contributed by atoms with E-state index in [9.17, 15) is 0 Å². The highest BCUT2D eigenvalue weighted by atomic mass is 79.9. The summed E-state index contributed by atoms with van der Waals surface area (Å²) in [6.45, 7) is 0.675. The van der Waals surface area contributed by atoms with Crippen molar-refractivity contribution in [1.82, 2.24) is 9.97 Å². The summed E-state index contributed by atoms with van der Waals surface area (Å²) < 4.78 is 0.996. The van der Waals surface area contributed by atoms with Crippen molar-refractivity contribution in [1.29, 1.82) is 5.26 Å². The lowest BCUT2D eigenvalue weighted by molar-refractivity contribution is 0.899. The molecule has 0 fully saturated rings. The van der Waals surface area contributed by atoms with E-state index < -0.39 is 0 Å². The van der Waals surface area contributed by atoms with Gasteiger partial charge in [-0.2, -0.15) is 5.26 Å². The summed E-state index contributed by atoms with van der Waals surface area (Å²) >= 11 is 3.49. The Labute approximate surface area is 137 Å². The number of aromatic nitrogens is 2. The standard InChI is InChI=1S/C17H13BrN4/c1-22(10-13-4-2-3-12(7-13)9-19)17-15-8-14(18)5-6-16(15)20-11-21-17/h2-8,11H,10H2,1H3. The van der Waals surface area contributed by atoms with Crippen molar-refractivity contribution in [2.75, 3.05) is 11.9 Å². The fraction of sp³-hybridized carbons (Fsp3) is 0.118. The zero-order valence-corrected chi connectivity index (χ0v) is 13.6. The third kappa shape index (κ3) is 2.92. The molecular weight excluding hydrogens is 340 g/mol. The van der Waals surface area contributed by atoms with Crippen LogP contribution in [0.5, 0.6) is 0 Å². The number of anilines is 1. The van der Waals surface area contributed by atoms with E-state index in [1.807, 2.05) is 43.4 Å². The molecule has 0 bridgehead atoms. The minimum absolute atomic E-state index is 0.668. The van der Waals surface area contributed by atoms with Gasteiger partial charge < -0.3 is 4.90 Å². The topological polar surface area (TPSA) is 52.8 Å². The van der Waals surface area contributed by atoms with E-state index in [2.05, 4.69) is 36.9 Å². The van der Waals surface area contributed by atoms with Gasteiger partial charge in [0.1, 0.15) is 12.1 Å². The first-order chi connectivity index (χ1) is 10.7. The zero-order valence-electron chi connectivity index (χ0n) is 12.0. The molecule has 0 saturated heterocycles. The molecule has 0 aliphatic heterocycles. The molecule has 0 saturated carbocycles. The summed E-state index contributed by atoms with van der Waals surface area (Å²) in [5, 5.41) is 9.99. The molecular formula is C17H13BrN4. The highest BCUT2D eigenvalue weighted by molar-refractivity contribution is 9.10. The average molecular weight is 353 g/mol. The Bertz CT molecular complexity index is 870. The summed E-state index contributed by atoms with van der Waals surface area (Å²) in [5.74, 6) is 0.869. The van der Waals surface area contributed by atoms with Gasteiger partial charge in [0.15, 0.2) is 0 Å². The van der Waals surface area contributed by atoms with Gasteiger partial charge in [0.25, 0.3) is 0 Å². The number of fused-ring (bicyclic) bond motifs is 1. The number of benzene rings is 2. The van der Waals surface area contributed by atoms with Crippen LogP contribution in [0.4, 0.5) is 5.82 Å². The highest BCUT2D eigenvalue weighted by Gasteiger charge is 2.10. The lowest BCUT2D eigenvalue weighted by atomic mass is 10.1. The van der Waals surface area contributed by atoms with Crippen LogP contribution in [-0.4, -0.2) is 17.0 Å². The summed E-state index contributed by atoms with van der Waals surface area (Å²) in [7, 11) is 1.99. The zero-order chi connectivity index (χ0) is 15.5. The predicted octanol–water partition coefficient (Wildman–Crippen LogP) is 3.90. The van der Waals surface area contributed by atoms with E-state index in [1.54, 1.807) is 12.4 Å². The van der Waals surface area contributed by atoms with Gasteiger partial charge >= 0.3 is 0 Å². The molecule has 2 aromatic carbocycles. The number of hydrogen-bond donors (Lipinski definition) is 0. The third-order valence-electron chi connectivity index (χ3n) is 3.41. The molecule has 1 aromatic heterocycles. The Balaban J connectivity index is 1.96. The van der Waals surface area contributed by atoms with Crippen LogP contribution in [0.2, 0.25) is 0 Å².